The first-order valence-corrected chi connectivity index (χ1v) is 10.5. The standard InChI is InChI=1S/C21H25N5OS.HI/c1-2-22-21(26-12-10-25(11-13-26)19-9-6-14-28-19)23-15-18-16-27-20(24-18)17-7-4-3-5-8-17;/h3-9,14,16H,2,10-13,15H2,1H3,(H,22,23);1H. The molecule has 29 heavy (non-hydrogen) atoms. The topological polar surface area (TPSA) is 56.9 Å². The summed E-state index contributed by atoms with van der Waals surface area (Å²) in [7, 11) is 0. The number of halogens is 1. The second kappa shape index (κ2) is 10.6. The summed E-state index contributed by atoms with van der Waals surface area (Å²) in [6, 6.07) is 14.2. The lowest BCUT2D eigenvalue weighted by atomic mass is 10.2. The van der Waals surface area contributed by atoms with Crippen molar-refractivity contribution in [2.24, 2.45) is 4.99 Å². The smallest absolute Gasteiger partial charge is 0.226 e. The summed E-state index contributed by atoms with van der Waals surface area (Å²) in [6.45, 7) is 7.37. The zero-order chi connectivity index (χ0) is 19.2. The lowest BCUT2D eigenvalue weighted by Crippen LogP contribution is -2.52. The van der Waals surface area contributed by atoms with Crippen molar-refractivity contribution in [3.05, 3.63) is 59.8 Å². The van der Waals surface area contributed by atoms with E-state index in [1.54, 1.807) is 17.6 Å². The van der Waals surface area contributed by atoms with E-state index in [1.807, 2.05) is 30.3 Å². The van der Waals surface area contributed by atoms with Gasteiger partial charge in [0.25, 0.3) is 0 Å². The fourth-order valence-corrected chi connectivity index (χ4v) is 4.05. The van der Waals surface area contributed by atoms with Gasteiger partial charge in [-0.1, -0.05) is 18.2 Å². The van der Waals surface area contributed by atoms with E-state index < -0.39 is 0 Å². The van der Waals surface area contributed by atoms with Crippen molar-refractivity contribution in [2.75, 3.05) is 37.6 Å². The van der Waals surface area contributed by atoms with Crippen molar-refractivity contribution in [3.8, 4) is 11.5 Å². The van der Waals surface area contributed by atoms with Crippen LogP contribution < -0.4 is 10.2 Å². The molecular weight excluding hydrogens is 497 g/mol. The molecule has 3 heterocycles. The summed E-state index contributed by atoms with van der Waals surface area (Å²) in [6.07, 6.45) is 1.70. The van der Waals surface area contributed by atoms with Crippen molar-refractivity contribution < 1.29 is 4.42 Å². The summed E-state index contributed by atoms with van der Waals surface area (Å²) >= 11 is 1.80. The zero-order valence-electron chi connectivity index (χ0n) is 16.5. The molecular formula is C21H26IN5OS. The Morgan fingerprint density at radius 2 is 1.93 bits per heavy atom. The Morgan fingerprint density at radius 1 is 1.14 bits per heavy atom. The van der Waals surface area contributed by atoms with Crippen LogP contribution in [-0.4, -0.2) is 48.6 Å². The molecule has 2 aromatic heterocycles. The molecule has 0 saturated carbocycles. The van der Waals surface area contributed by atoms with E-state index in [4.69, 9.17) is 9.41 Å². The van der Waals surface area contributed by atoms with Gasteiger partial charge in [-0.2, -0.15) is 0 Å². The van der Waals surface area contributed by atoms with E-state index in [-0.39, 0.29) is 24.0 Å². The molecule has 0 atom stereocenters. The van der Waals surface area contributed by atoms with Gasteiger partial charge in [0.05, 0.1) is 11.5 Å². The van der Waals surface area contributed by atoms with Gasteiger partial charge in [-0.25, -0.2) is 9.98 Å². The van der Waals surface area contributed by atoms with Crippen LogP contribution in [0.4, 0.5) is 5.00 Å². The maximum absolute atomic E-state index is 5.62. The van der Waals surface area contributed by atoms with Gasteiger partial charge in [-0.05, 0) is 36.6 Å². The molecule has 0 unspecified atom stereocenters. The van der Waals surface area contributed by atoms with Crippen molar-refractivity contribution in [1.82, 2.24) is 15.2 Å². The molecule has 154 valence electrons. The lowest BCUT2D eigenvalue weighted by Gasteiger charge is -2.37. The van der Waals surface area contributed by atoms with E-state index >= 15 is 0 Å². The van der Waals surface area contributed by atoms with Gasteiger partial charge >= 0.3 is 0 Å². The minimum absolute atomic E-state index is 0. The molecule has 1 aliphatic rings. The van der Waals surface area contributed by atoms with E-state index in [9.17, 15) is 0 Å². The van der Waals surface area contributed by atoms with Gasteiger partial charge in [-0.15, -0.1) is 35.3 Å². The number of aromatic nitrogens is 1. The molecule has 1 N–H and O–H groups in total. The fraction of sp³-hybridized carbons (Fsp3) is 0.333. The van der Waals surface area contributed by atoms with Crippen LogP contribution in [0.1, 0.15) is 12.6 Å². The van der Waals surface area contributed by atoms with Crippen LogP contribution in [0.5, 0.6) is 0 Å². The van der Waals surface area contributed by atoms with Crippen LogP contribution in [-0.2, 0) is 6.54 Å². The van der Waals surface area contributed by atoms with Crippen molar-refractivity contribution in [3.63, 3.8) is 0 Å². The number of nitrogens with zero attached hydrogens (tertiary/aromatic N) is 4. The highest BCUT2D eigenvalue weighted by molar-refractivity contribution is 14.0. The Kier molecular flexibility index (Phi) is 7.93. The number of benzene rings is 1. The van der Waals surface area contributed by atoms with Gasteiger partial charge in [0.2, 0.25) is 5.89 Å². The Morgan fingerprint density at radius 3 is 2.62 bits per heavy atom. The summed E-state index contributed by atoms with van der Waals surface area (Å²) < 4.78 is 5.62. The molecule has 8 heteroatoms. The predicted octanol–water partition coefficient (Wildman–Crippen LogP) is 4.31. The van der Waals surface area contributed by atoms with Crippen molar-refractivity contribution in [1.29, 1.82) is 0 Å². The number of thiophene rings is 1. The van der Waals surface area contributed by atoms with Gasteiger partial charge in [0.1, 0.15) is 12.0 Å². The van der Waals surface area contributed by atoms with E-state index in [1.165, 1.54) is 5.00 Å². The highest BCUT2D eigenvalue weighted by Crippen LogP contribution is 2.22. The lowest BCUT2D eigenvalue weighted by molar-refractivity contribution is 0.373. The summed E-state index contributed by atoms with van der Waals surface area (Å²) in [5.74, 6) is 1.58. The van der Waals surface area contributed by atoms with Crippen LogP contribution in [0.25, 0.3) is 11.5 Å². The van der Waals surface area contributed by atoms with Crippen molar-refractivity contribution in [2.45, 2.75) is 13.5 Å². The fourth-order valence-electron chi connectivity index (χ4n) is 3.26. The Balaban J connectivity index is 0.00000240. The number of aliphatic imine (C=N–C) groups is 1. The number of hydrogen-bond donors (Lipinski definition) is 1. The monoisotopic (exact) mass is 523 g/mol. The second-order valence-corrected chi connectivity index (χ2v) is 7.53. The molecule has 0 spiro atoms. The van der Waals surface area contributed by atoms with Crippen LogP contribution in [0, 0.1) is 0 Å². The molecule has 6 nitrogen and oxygen atoms in total. The third-order valence-corrected chi connectivity index (χ3v) is 5.62. The number of nitrogens with one attached hydrogen (secondary N) is 1. The average Bonchev–Trinajstić information content (AvgIpc) is 3.44. The normalized spacial score (nSPS) is 14.6. The van der Waals surface area contributed by atoms with Crippen LogP contribution in [0.3, 0.4) is 0 Å². The highest BCUT2D eigenvalue weighted by Gasteiger charge is 2.20. The third-order valence-electron chi connectivity index (χ3n) is 4.70. The number of anilines is 1. The molecule has 1 fully saturated rings. The molecule has 0 amide bonds. The third kappa shape index (κ3) is 5.51. The van der Waals surface area contributed by atoms with Gasteiger partial charge in [-0.3, -0.25) is 0 Å². The summed E-state index contributed by atoms with van der Waals surface area (Å²) in [5.41, 5.74) is 1.82. The van der Waals surface area contributed by atoms with E-state index in [2.05, 4.69) is 44.5 Å². The average molecular weight is 523 g/mol. The van der Waals surface area contributed by atoms with Gasteiger partial charge in [0, 0.05) is 38.3 Å². The maximum atomic E-state index is 5.62. The largest absolute Gasteiger partial charge is 0.444 e. The first-order chi connectivity index (χ1) is 13.8. The Hall–Kier alpha value is -2.07. The zero-order valence-corrected chi connectivity index (χ0v) is 19.6. The Bertz CT molecular complexity index is 889. The minimum Gasteiger partial charge on any atom is -0.444 e. The quantitative estimate of drug-likeness (QED) is 0.307. The number of rotatable bonds is 5. The number of piperazine rings is 1. The number of oxazole rings is 1. The summed E-state index contributed by atoms with van der Waals surface area (Å²) in [5, 5.41) is 6.89. The molecule has 1 saturated heterocycles. The number of guanidine groups is 1. The van der Waals surface area contributed by atoms with E-state index in [0.717, 1.165) is 49.9 Å². The molecule has 3 aromatic rings. The van der Waals surface area contributed by atoms with E-state index in [0.29, 0.717) is 12.4 Å². The van der Waals surface area contributed by atoms with Crippen LogP contribution in [0.2, 0.25) is 0 Å². The molecule has 0 radical (unpaired) electrons. The van der Waals surface area contributed by atoms with Gasteiger partial charge in [0.15, 0.2) is 5.96 Å². The molecule has 4 rings (SSSR count). The molecule has 1 aliphatic heterocycles. The van der Waals surface area contributed by atoms with Crippen LogP contribution >= 0.6 is 35.3 Å². The van der Waals surface area contributed by atoms with Gasteiger partial charge < -0.3 is 19.5 Å². The molecule has 0 bridgehead atoms. The summed E-state index contributed by atoms with van der Waals surface area (Å²) in [4.78, 5) is 14.1. The number of hydrogen-bond acceptors (Lipinski definition) is 5. The molecule has 0 aliphatic carbocycles. The minimum atomic E-state index is 0. The first kappa shape index (κ1) is 21.6. The SMILES string of the molecule is CCNC(=NCc1coc(-c2ccccc2)n1)N1CCN(c2cccs2)CC1.I. The van der Waals surface area contributed by atoms with Crippen molar-refractivity contribution >= 4 is 46.3 Å². The molecule has 1 aromatic carbocycles. The Labute approximate surface area is 192 Å². The highest BCUT2D eigenvalue weighted by atomic mass is 127. The first-order valence-electron chi connectivity index (χ1n) is 9.65. The predicted molar refractivity (Wildman–Crippen MR) is 130 cm³/mol. The second-order valence-electron chi connectivity index (χ2n) is 6.61. The maximum Gasteiger partial charge on any atom is 0.226 e. The van der Waals surface area contributed by atoms with Crippen LogP contribution in [0.15, 0.2) is 63.5 Å².